The third-order valence-corrected chi connectivity index (χ3v) is 5.28. The van der Waals surface area contributed by atoms with Gasteiger partial charge in [0.2, 0.25) is 5.91 Å². The summed E-state index contributed by atoms with van der Waals surface area (Å²) in [5.74, 6) is 0.684. The number of likely N-dealkylation sites (tertiary alicyclic amines) is 1. The Bertz CT molecular complexity index is 637. The minimum Gasteiger partial charge on any atom is -0.483 e. The van der Waals surface area contributed by atoms with Gasteiger partial charge in [0.15, 0.2) is 6.61 Å². The lowest BCUT2D eigenvalue weighted by Crippen LogP contribution is -2.33. The Hall–Kier alpha value is -2.08. The molecule has 2 fully saturated rings. The number of rotatable bonds is 8. The molecule has 2 aliphatic heterocycles. The summed E-state index contributed by atoms with van der Waals surface area (Å²) in [6.07, 6.45) is 5.28. The Kier molecular flexibility index (Phi) is 7.10. The molecule has 6 nitrogen and oxygen atoms in total. The zero-order valence-corrected chi connectivity index (χ0v) is 16.1. The molecule has 3 rings (SSSR count). The molecule has 0 aliphatic carbocycles. The smallest absolute Gasteiger partial charge is 0.260 e. The van der Waals surface area contributed by atoms with E-state index >= 15 is 0 Å². The van der Waals surface area contributed by atoms with Crippen molar-refractivity contribution < 1.29 is 19.1 Å². The van der Waals surface area contributed by atoms with Crippen LogP contribution in [-0.2, 0) is 14.3 Å². The first-order chi connectivity index (χ1) is 13.2. The Morgan fingerprint density at radius 1 is 1.26 bits per heavy atom. The highest BCUT2D eigenvalue weighted by Crippen LogP contribution is 2.28. The van der Waals surface area contributed by atoms with Crippen LogP contribution in [0.4, 0.5) is 0 Å². The largest absolute Gasteiger partial charge is 0.483 e. The first-order valence-corrected chi connectivity index (χ1v) is 10.1. The van der Waals surface area contributed by atoms with Gasteiger partial charge in [0.25, 0.3) is 5.91 Å². The number of nitrogens with zero attached hydrogens (tertiary/aromatic N) is 1. The van der Waals surface area contributed by atoms with Crippen LogP contribution in [0.5, 0.6) is 5.75 Å². The zero-order valence-electron chi connectivity index (χ0n) is 16.1. The predicted octanol–water partition coefficient (Wildman–Crippen LogP) is 2.82. The standard InChI is InChI=1S/C21H30N2O4/c1-2-18(22-20(24)14-16-8-7-13-26-16)17-9-3-4-10-19(17)27-15-21(25)23-11-5-6-12-23/h3-4,9-10,16,18H,2,5-8,11-15H2,1H3,(H,22,24)/t16-,18-/m1/s1. The van der Waals surface area contributed by atoms with Crippen LogP contribution in [0.3, 0.4) is 0 Å². The summed E-state index contributed by atoms with van der Waals surface area (Å²) in [6.45, 7) is 4.46. The van der Waals surface area contributed by atoms with Gasteiger partial charge >= 0.3 is 0 Å². The minimum atomic E-state index is -0.142. The van der Waals surface area contributed by atoms with Crippen molar-refractivity contribution in [3.8, 4) is 5.75 Å². The summed E-state index contributed by atoms with van der Waals surface area (Å²) in [6, 6.07) is 7.49. The van der Waals surface area contributed by atoms with Crippen molar-refractivity contribution in [3.05, 3.63) is 29.8 Å². The molecule has 2 aliphatic rings. The number of carbonyl (C=O) groups excluding carboxylic acids is 2. The fourth-order valence-electron chi connectivity index (χ4n) is 3.76. The average molecular weight is 374 g/mol. The van der Waals surface area contributed by atoms with E-state index < -0.39 is 0 Å². The molecule has 2 atom stereocenters. The highest BCUT2D eigenvalue weighted by Gasteiger charge is 2.23. The van der Waals surface area contributed by atoms with Crippen molar-refractivity contribution in [2.75, 3.05) is 26.3 Å². The molecular formula is C21H30N2O4. The first-order valence-electron chi connectivity index (χ1n) is 10.1. The SMILES string of the molecule is CC[C@@H](NC(=O)C[C@H]1CCCO1)c1ccccc1OCC(=O)N1CCCC1. The zero-order chi connectivity index (χ0) is 19.1. The quantitative estimate of drug-likeness (QED) is 0.760. The van der Waals surface area contributed by atoms with E-state index in [1.165, 1.54) is 0 Å². The Morgan fingerprint density at radius 2 is 2.04 bits per heavy atom. The van der Waals surface area contributed by atoms with Gasteiger partial charge in [-0.1, -0.05) is 25.1 Å². The van der Waals surface area contributed by atoms with E-state index in [0.29, 0.717) is 12.2 Å². The number of hydrogen-bond donors (Lipinski definition) is 1. The molecule has 2 saturated heterocycles. The average Bonchev–Trinajstić information content (AvgIpc) is 3.38. The first kappa shape index (κ1) is 19.7. The van der Waals surface area contributed by atoms with Crippen molar-refractivity contribution in [1.29, 1.82) is 0 Å². The molecule has 0 bridgehead atoms. The number of amides is 2. The molecule has 2 heterocycles. The van der Waals surface area contributed by atoms with Gasteiger partial charge in [0.1, 0.15) is 5.75 Å². The predicted molar refractivity (Wildman–Crippen MR) is 103 cm³/mol. The van der Waals surface area contributed by atoms with Crippen LogP contribution in [0.1, 0.15) is 57.1 Å². The fourth-order valence-corrected chi connectivity index (χ4v) is 3.76. The van der Waals surface area contributed by atoms with Crippen LogP contribution in [0.2, 0.25) is 0 Å². The maximum absolute atomic E-state index is 12.4. The lowest BCUT2D eigenvalue weighted by atomic mass is 10.0. The highest BCUT2D eigenvalue weighted by atomic mass is 16.5. The maximum atomic E-state index is 12.4. The molecule has 1 N–H and O–H groups in total. The monoisotopic (exact) mass is 374 g/mol. The summed E-state index contributed by atoms with van der Waals surface area (Å²) in [7, 11) is 0. The normalized spacial score (nSPS) is 20.5. The van der Waals surface area contributed by atoms with Crippen LogP contribution in [0, 0.1) is 0 Å². The summed E-state index contributed by atoms with van der Waals surface area (Å²) >= 11 is 0. The summed E-state index contributed by atoms with van der Waals surface area (Å²) in [5, 5.41) is 3.10. The van der Waals surface area contributed by atoms with Crippen molar-refractivity contribution in [1.82, 2.24) is 10.2 Å². The van der Waals surface area contributed by atoms with Crippen molar-refractivity contribution in [2.24, 2.45) is 0 Å². The van der Waals surface area contributed by atoms with E-state index in [-0.39, 0.29) is 30.6 Å². The molecule has 0 unspecified atom stereocenters. The molecule has 6 heteroatoms. The van der Waals surface area contributed by atoms with Crippen LogP contribution in [0.25, 0.3) is 0 Å². The van der Waals surface area contributed by atoms with E-state index in [9.17, 15) is 9.59 Å². The lowest BCUT2D eigenvalue weighted by molar-refractivity contribution is -0.132. The molecular weight excluding hydrogens is 344 g/mol. The van der Waals surface area contributed by atoms with E-state index in [0.717, 1.165) is 57.4 Å². The van der Waals surface area contributed by atoms with E-state index in [1.807, 2.05) is 36.1 Å². The van der Waals surface area contributed by atoms with Gasteiger partial charge in [-0.2, -0.15) is 0 Å². The van der Waals surface area contributed by atoms with Crippen LogP contribution in [0.15, 0.2) is 24.3 Å². The van der Waals surface area contributed by atoms with Gasteiger partial charge < -0.3 is 19.7 Å². The number of benzene rings is 1. The van der Waals surface area contributed by atoms with Crippen LogP contribution in [-0.4, -0.2) is 49.1 Å². The second-order valence-electron chi connectivity index (χ2n) is 7.28. The summed E-state index contributed by atoms with van der Waals surface area (Å²) < 4.78 is 11.4. The Labute approximate surface area is 161 Å². The van der Waals surface area contributed by atoms with Crippen LogP contribution >= 0.6 is 0 Å². The van der Waals surface area contributed by atoms with Gasteiger partial charge in [0.05, 0.1) is 18.6 Å². The van der Waals surface area contributed by atoms with Crippen LogP contribution < -0.4 is 10.1 Å². The molecule has 0 saturated carbocycles. The third kappa shape index (κ3) is 5.45. The minimum absolute atomic E-state index is 0.00306. The van der Waals surface area contributed by atoms with Gasteiger partial charge in [-0.25, -0.2) is 0 Å². The van der Waals surface area contributed by atoms with Crippen molar-refractivity contribution >= 4 is 11.8 Å². The van der Waals surface area contributed by atoms with E-state index in [4.69, 9.17) is 9.47 Å². The topological polar surface area (TPSA) is 67.9 Å². The second kappa shape index (κ2) is 9.74. The molecule has 148 valence electrons. The maximum Gasteiger partial charge on any atom is 0.260 e. The van der Waals surface area contributed by atoms with Gasteiger partial charge in [-0.15, -0.1) is 0 Å². The molecule has 1 aromatic rings. The third-order valence-electron chi connectivity index (χ3n) is 5.28. The van der Waals surface area contributed by atoms with Crippen molar-refractivity contribution in [2.45, 2.75) is 57.6 Å². The molecule has 27 heavy (non-hydrogen) atoms. The number of ether oxygens (including phenoxy) is 2. The Balaban J connectivity index is 1.59. The number of nitrogens with one attached hydrogen (secondary N) is 1. The number of para-hydroxylation sites is 1. The number of carbonyl (C=O) groups is 2. The highest BCUT2D eigenvalue weighted by molar-refractivity contribution is 5.78. The molecule has 0 aromatic heterocycles. The van der Waals surface area contributed by atoms with Gasteiger partial charge in [-0.05, 0) is 38.2 Å². The second-order valence-corrected chi connectivity index (χ2v) is 7.28. The Morgan fingerprint density at radius 3 is 2.74 bits per heavy atom. The number of hydrogen-bond acceptors (Lipinski definition) is 4. The molecule has 1 aromatic carbocycles. The van der Waals surface area contributed by atoms with Gasteiger partial charge in [0, 0.05) is 25.3 Å². The van der Waals surface area contributed by atoms with Crippen molar-refractivity contribution in [3.63, 3.8) is 0 Å². The summed E-state index contributed by atoms with van der Waals surface area (Å²) in [5.41, 5.74) is 0.912. The van der Waals surface area contributed by atoms with Gasteiger partial charge in [-0.3, -0.25) is 9.59 Å². The summed E-state index contributed by atoms with van der Waals surface area (Å²) in [4.78, 5) is 26.5. The van der Waals surface area contributed by atoms with E-state index in [1.54, 1.807) is 0 Å². The van der Waals surface area contributed by atoms with E-state index in [2.05, 4.69) is 5.32 Å². The lowest BCUT2D eigenvalue weighted by Gasteiger charge is -2.22. The molecule has 2 amide bonds. The molecule has 0 spiro atoms. The molecule has 0 radical (unpaired) electrons. The fraction of sp³-hybridized carbons (Fsp3) is 0.619.